The summed E-state index contributed by atoms with van der Waals surface area (Å²) in [7, 11) is -3.91. The highest BCUT2D eigenvalue weighted by atomic mass is 32.2. The quantitative estimate of drug-likeness (QED) is 0.573. The number of nitrogens with one attached hydrogen (secondary N) is 3. The normalized spacial score (nSPS) is 10.7. The summed E-state index contributed by atoms with van der Waals surface area (Å²) in [5.74, 6) is -0.496. The molecule has 2 rings (SSSR count). The Kier molecular flexibility index (Phi) is 7.68. The monoisotopic (exact) mass is 435 g/mol. The Bertz CT molecular complexity index is 1000. The zero-order valence-electron chi connectivity index (χ0n) is 15.9. The van der Waals surface area contributed by atoms with Crippen molar-refractivity contribution in [2.45, 2.75) is 25.2 Å². The van der Waals surface area contributed by atoms with Gasteiger partial charge in [0.25, 0.3) is 15.9 Å². The molecule has 154 valence electrons. The average Bonchev–Trinajstić information content (AvgIpc) is 2.66. The summed E-state index contributed by atoms with van der Waals surface area (Å²) in [6, 6.07) is 12.3. The molecule has 0 radical (unpaired) electrons. The van der Waals surface area contributed by atoms with Crippen molar-refractivity contribution in [3.8, 4) is 5.75 Å². The molecule has 0 saturated carbocycles. The van der Waals surface area contributed by atoms with Gasteiger partial charge in [-0.05, 0) is 61.1 Å². The van der Waals surface area contributed by atoms with E-state index in [0.717, 1.165) is 13.3 Å². The number of hydrogen-bond donors (Lipinski definition) is 3. The van der Waals surface area contributed by atoms with Crippen molar-refractivity contribution in [1.29, 1.82) is 0 Å². The SMILES string of the molecule is CCCOc1cccc(C(=O)NC(=S)Nc2ccc(S(=O)(=O)NC(C)=O)cc2)c1. The van der Waals surface area contributed by atoms with Crippen molar-refractivity contribution < 1.29 is 22.7 Å². The van der Waals surface area contributed by atoms with E-state index in [1.54, 1.807) is 24.3 Å². The molecular weight excluding hydrogens is 414 g/mol. The van der Waals surface area contributed by atoms with Gasteiger partial charge in [0, 0.05) is 18.2 Å². The number of amides is 2. The van der Waals surface area contributed by atoms with Crippen LogP contribution in [0.3, 0.4) is 0 Å². The van der Waals surface area contributed by atoms with Crippen LogP contribution in [0.2, 0.25) is 0 Å². The molecule has 0 aliphatic rings. The zero-order valence-corrected chi connectivity index (χ0v) is 17.5. The predicted octanol–water partition coefficient (Wildman–Crippen LogP) is 2.43. The summed E-state index contributed by atoms with van der Waals surface area (Å²) in [5, 5.41) is 5.40. The van der Waals surface area contributed by atoms with E-state index in [1.807, 2.05) is 11.6 Å². The molecule has 3 N–H and O–H groups in total. The number of benzene rings is 2. The Morgan fingerprint density at radius 1 is 1.10 bits per heavy atom. The summed E-state index contributed by atoms with van der Waals surface area (Å²) in [4.78, 5) is 23.2. The van der Waals surface area contributed by atoms with Gasteiger partial charge < -0.3 is 10.1 Å². The second-order valence-electron chi connectivity index (χ2n) is 5.97. The average molecular weight is 436 g/mol. The van der Waals surface area contributed by atoms with Crippen molar-refractivity contribution in [2.24, 2.45) is 0 Å². The first-order chi connectivity index (χ1) is 13.7. The fraction of sp³-hybridized carbons (Fsp3) is 0.211. The minimum absolute atomic E-state index is 0.0485. The van der Waals surface area contributed by atoms with E-state index in [2.05, 4.69) is 10.6 Å². The summed E-state index contributed by atoms with van der Waals surface area (Å²) in [6.45, 7) is 3.65. The second-order valence-corrected chi connectivity index (χ2v) is 8.06. The molecule has 2 aromatic carbocycles. The lowest BCUT2D eigenvalue weighted by atomic mass is 10.2. The Balaban J connectivity index is 1.98. The molecule has 0 aliphatic carbocycles. The van der Waals surface area contributed by atoms with Crippen LogP contribution < -0.4 is 20.1 Å². The van der Waals surface area contributed by atoms with Crippen LogP contribution in [0.5, 0.6) is 5.75 Å². The van der Waals surface area contributed by atoms with E-state index in [0.29, 0.717) is 23.6 Å². The van der Waals surface area contributed by atoms with E-state index < -0.39 is 21.8 Å². The Labute approximate surface area is 174 Å². The van der Waals surface area contributed by atoms with Gasteiger partial charge in [0.15, 0.2) is 5.11 Å². The Morgan fingerprint density at radius 2 is 1.79 bits per heavy atom. The summed E-state index contributed by atoms with van der Waals surface area (Å²) in [6.07, 6.45) is 0.856. The molecule has 10 heteroatoms. The summed E-state index contributed by atoms with van der Waals surface area (Å²) < 4.78 is 31.2. The lowest BCUT2D eigenvalue weighted by molar-refractivity contribution is -0.117. The predicted molar refractivity (Wildman–Crippen MR) is 113 cm³/mol. The fourth-order valence-corrected chi connectivity index (χ4v) is 3.45. The van der Waals surface area contributed by atoms with Crippen molar-refractivity contribution in [3.63, 3.8) is 0 Å². The number of carbonyl (C=O) groups excluding carboxylic acids is 2. The third-order valence-electron chi connectivity index (χ3n) is 3.50. The molecule has 0 unspecified atom stereocenters. The topological polar surface area (TPSA) is 114 Å². The van der Waals surface area contributed by atoms with Gasteiger partial charge in [-0.3, -0.25) is 14.9 Å². The smallest absolute Gasteiger partial charge is 0.264 e. The molecule has 0 fully saturated rings. The highest BCUT2D eigenvalue weighted by molar-refractivity contribution is 7.90. The highest BCUT2D eigenvalue weighted by Gasteiger charge is 2.15. The minimum atomic E-state index is -3.91. The van der Waals surface area contributed by atoms with Crippen LogP contribution in [0.1, 0.15) is 30.6 Å². The Hall–Kier alpha value is -2.98. The highest BCUT2D eigenvalue weighted by Crippen LogP contribution is 2.15. The van der Waals surface area contributed by atoms with Gasteiger partial charge in [0.1, 0.15) is 5.75 Å². The van der Waals surface area contributed by atoms with Crippen molar-refractivity contribution in [1.82, 2.24) is 10.0 Å². The number of ether oxygens (including phenoxy) is 1. The number of rotatable bonds is 7. The standard InChI is InChI=1S/C19H21N3O5S2/c1-3-11-27-16-6-4-5-14(12-16)18(24)21-19(28)20-15-7-9-17(10-8-15)29(25,26)22-13(2)23/h4-10,12H,3,11H2,1-2H3,(H,22,23)(H2,20,21,24,28). The molecule has 0 bridgehead atoms. The molecule has 0 heterocycles. The Morgan fingerprint density at radius 3 is 2.41 bits per heavy atom. The third-order valence-corrected chi connectivity index (χ3v) is 5.15. The number of thiocarbonyl (C=S) groups is 1. The number of sulfonamides is 1. The fourth-order valence-electron chi connectivity index (χ4n) is 2.25. The lowest BCUT2D eigenvalue weighted by Crippen LogP contribution is -2.34. The number of anilines is 1. The van der Waals surface area contributed by atoms with Gasteiger partial charge in [-0.25, -0.2) is 13.1 Å². The van der Waals surface area contributed by atoms with Gasteiger partial charge >= 0.3 is 0 Å². The number of carbonyl (C=O) groups is 2. The van der Waals surface area contributed by atoms with Crippen LogP contribution in [0, 0.1) is 0 Å². The van der Waals surface area contributed by atoms with Gasteiger partial charge in [0.05, 0.1) is 11.5 Å². The molecule has 0 spiro atoms. The van der Waals surface area contributed by atoms with E-state index >= 15 is 0 Å². The second kappa shape index (κ2) is 9.99. The van der Waals surface area contributed by atoms with Gasteiger partial charge in [-0.15, -0.1) is 0 Å². The first kappa shape index (κ1) is 22.3. The van der Waals surface area contributed by atoms with Gasteiger partial charge in [-0.1, -0.05) is 13.0 Å². The summed E-state index contributed by atoms with van der Waals surface area (Å²) >= 11 is 5.13. The first-order valence-electron chi connectivity index (χ1n) is 8.70. The van der Waals surface area contributed by atoms with Crippen LogP contribution in [0.15, 0.2) is 53.4 Å². The molecule has 0 aromatic heterocycles. The van der Waals surface area contributed by atoms with Crippen LogP contribution in [0.4, 0.5) is 5.69 Å². The van der Waals surface area contributed by atoms with Gasteiger partial charge in [0.2, 0.25) is 5.91 Å². The maximum absolute atomic E-state index is 12.3. The van der Waals surface area contributed by atoms with Crippen molar-refractivity contribution >= 4 is 44.9 Å². The molecule has 0 aliphatic heterocycles. The van der Waals surface area contributed by atoms with E-state index in [-0.39, 0.29) is 10.0 Å². The largest absolute Gasteiger partial charge is 0.494 e. The van der Waals surface area contributed by atoms with Gasteiger partial charge in [-0.2, -0.15) is 0 Å². The van der Waals surface area contributed by atoms with Crippen LogP contribution in [-0.2, 0) is 14.8 Å². The first-order valence-corrected chi connectivity index (χ1v) is 10.6. The van der Waals surface area contributed by atoms with Crippen molar-refractivity contribution in [2.75, 3.05) is 11.9 Å². The van der Waals surface area contributed by atoms with Crippen LogP contribution in [-0.4, -0.2) is 32.0 Å². The molecule has 0 atom stereocenters. The van der Waals surface area contributed by atoms with Crippen LogP contribution >= 0.6 is 12.2 Å². The lowest BCUT2D eigenvalue weighted by Gasteiger charge is -2.11. The zero-order chi connectivity index (χ0) is 21.4. The van der Waals surface area contributed by atoms with E-state index in [4.69, 9.17) is 17.0 Å². The maximum atomic E-state index is 12.3. The molecule has 8 nitrogen and oxygen atoms in total. The van der Waals surface area contributed by atoms with Crippen LogP contribution in [0.25, 0.3) is 0 Å². The van der Waals surface area contributed by atoms with Crippen molar-refractivity contribution in [3.05, 3.63) is 54.1 Å². The third kappa shape index (κ3) is 6.84. The molecule has 2 amide bonds. The molecule has 29 heavy (non-hydrogen) atoms. The maximum Gasteiger partial charge on any atom is 0.264 e. The summed E-state index contributed by atoms with van der Waals surface area (Å²) in [5.41, 5.74) is 0.858. The minimum Gasteiger partial charge on any atom is -0.494 e. The van der Waals surface area contributed by atoms with E-state index in [1.165, 1.54) is 24.3 Å². The molecule has 2 aromatic rings. The number of hydrogen-bond acceptors (Lipinski definition) is 6. The van der Waals surface area contributed by atoms with E-state index in [9.17, 15) is 18.0 Å². The molecule has 0 saturated heterocycles. The molecular formula is C19H21N3O5S2.